The van der Waals surface area contributed by atoms with Crippen molar-refractivity contribution in [3.8, 4) is 0 Å². The summed E-state index contributed by atoms with van der Waals surface area (Å²) >= 11 is 0. The zero-order chi connectivity index (χ0) is 3.70. The molecule has 0 spiro atoms. The van der Waals surface area contributed by atoms with Gasteiger partial charge in [0.1, 0.15) is 0 Å². The standard InChI is InChI=1S/C4H6N.U/c5-3-4-1-2-4;/h1-2,5H2;/q-1;. The SMILES string of the molecule is N[C-]=C1CC1.[U]. The van der Waals surface area contributed by atoms with Gasteiger partial charge < -0.3 is 11.9 Å². The summed E-state index contributed by atoms with van der Waals surface area (Å²) in [4.78, 5) is 0. The Labute approximate surface area is 61.4 Å². The van der Waals surface area contributed by atoms with Crippen molar-refractivity contribution in [1.29, 1.82) is 0 Å². The molecular weight excluding hydrogens is 300 g/mol. The number of hydrogen-bond acceptors (Lipinski definition) is 1. The van der Waals surface area contributed by atoms with Crippen LogP contribution in [0.3, 0.4) is 0 Å². The molecule has 1 fully saturated rings. The summed E-state index contributed by atoms with van der Waals surface area (Å²) in [6.45, 7) is 0. The Bertz CT molecular complexity index is 61.9. The van der Waals surface area contributed by atoms with E-state index in [-0.39, 0.29) is 31.1 Å². The van der Waals surface area contributed by atoms with Gasteiger partial charge in [0.15, 0.2) is 0 Å². The van der Waals surface area contributed by atoms with Crippen LogP contribution in [0.1, 0.15) is 12.8 Å². The van der Waals surface area contributed by atoms with Crippen molar-refractivity contribution >= 4 is 0 Å². The molecule has 2 heteroatoms. The fourth-order valence-corrected chi connectivity index (χ4v) is 0.207. The second kappa shape index (κ2) is 2.71. The zero-order valence-electron chi connectivity index (χ0n) is 3.49. The molecule has 0 aromatic rings. The predicted octanol–water partition coefficient (Wildman–Crippen LogP) is 0.426. The molecule has 0 bridgehead atoms. The van der Waals surface area contributed by atoms with Gasteiger partial charge in [-0.2, -0.15) is 0 Å². The molecule has 1 rings (SSSR count). The zero-order valence-corrected chi connectivity index (χ0v) is 7.66. The molecule has 0 saturated heterocycles. The van der Waals surface area contributed by atoms with Crippen LogP contribution in [0.5, 0.6) is 0 Å². The molecule has 0 heterocycles. The van der Waals surface area contributed by atoms with Gasteiger partial charge in [-0.15, -0.1) is 0 Å². The molecule has 0 aromatic carbocycles. The van der Waals surface area contributed by atoms with Crippen molar-refractivity contribution in [3.05, 3.63) is 11.8 Å². The van der Waals surface area contributed by atoms with Crippen molar-refractivity contribution in [3.63, 3.8) is 0 Å². The first-order chi connectivity index (χ1) is 2.43. The molecule has 0 amide bonds. The van der Waals surface area contributed by atoms with Gasteiger partial charge >= 0.3 is 0 Å². The molecular formula is C4H6NU-. The summed E-state index contributed by atoms with van der Waals surface area (Å²) in [5.74, 6) is 0. The Kier molecular flexibility index (Phi) is 2.98. The fourth-order valence-electron chi connectivity index (χ4n) is 0.207. The third kappa shape index (κ3) is 1.89. The molecule has 0 aliphatic heterocycles. The quantitative estimate of drug-likeness (QED) is 0.510. The van der Waals surface area contributed by atoms with Crippen LogP contribution in [0.2, 0.25) is 0 Å². The van der Waals surface area contributed by atoms with E-state index < -0.39 is 0 Å². The maximum Gasteiger partial charge on any atom is 0 e. The van der Waals surface area contributed by atoms with Gasteiger partial charge in [0, 0.05) is 31.1 Å². The van der Waals surface area contributed by atoms with Gasteiger partial charge in [-0.25, -0.2) is 5.57 Å². The van der Waals surface area contributed by atoms with Crippen LogP contribution < -0.4 is 5.73 Å². The van der Waals surface area contributed by atoms with Crippen LogP contribution >= 0.6 is 0 Å². The summed E-state index contributed by atoms with van der Waals surface area (Å²) in [6, 6.07) is 0. The van der Waals surface area contributed by atoms with Gasteiger partial charge in [0.2, 0.25) is 0 Å². The number of hydrogen-bond donors (Lipinski definition) is 1. The predicted molar refractivity (Wildman–Crippen MR) is 20.2 cm³/mol. The van der Waals surface area contributed by atoms with E-state index >= 15 is 0 Å². The molecule has 2 N–H and O–H groups in total. The van der Waals surface area contributed by atoms with E-state index in [4.69, 9.17) is 5.73 Å². The largest absolute Gasteiger partial charge is 0.580 e. The molecule has 6 heavy (non-hydrogen) atoms. The minimum Gasteiger partial charge on any atom is -0.580 e. The Morgan fingerprint density at radius 3 is 2.00 bits per heavy atom. The van der Waals surface area contributed by atoms with Gasteiger partial charge in [-0.05, 0) is 0 Å². The average molecular weight is 306 g/mol. The van der Waals surface area contributed by atoms with Crippen LogP contribution in [0.4, 0.5) is 0 Å². The van der Waals surface area contributed by atoms with E-state index in [9.17, 15) is 0 Å². The Hall–Kier alpha value is 0.592. The Balaban J connectivity index is 0.000000250. The van der Waals surface area contributed by atoms with Crippen molar-refractivity contribution in [1.82, 2.24) is 0 Å². The molecule has 1 aliphatic carbocycles. The number of rotatable bonds is 0. The Morgan fingerprint density at radius 1 is 1.50 bits per heavy atom. The average Bonchev–Trinajstić information content (AvgIpc) is 2.12. The monoisotopic (exact) mass is 306 g/mol. The summed E-state index contributed by atoms with van der Waals surface area (Å²) in [5.41, 5.74) is 6.23. The number of allylic oxidation sites excluding steroid dienone is 1. The van der Waals surface area contributed by atoms with E-state index in [1.807, 2.05) is 0 Å². The molecule has 1 saturated carbocycles. The van der Waals surface area contributed by atoms with E-state index in [1.54, 1.807) is 0 Å². The summed E-state index contributed by atoms with van der Waals surface area (Å²) < 4.78 is 0. The van der Waals surface area contributed by atoms with Crippen molar-refractivity contribution in [2.24, 2.45) is 5.73 Å². The van der Waals surface area contributed by atoms with Crippen LogP contribution in [-0.4, -0.2) is 0 Å². The second-order valence-corrected chi connectivity index (χ2v) is 1.25. The topological polar surface area (TPSA) is 26.0 Å². The minimum absolute atomic E-state index is 0. The summed E-state index contributed by atoms with van der Waals surface area (Å²) in [5, 5.41) is 0. The molecule has 0 radical (unpaired) electrons. The molecule has 0 aromatic heterocycles. The van der Waals surface area contributed by atoms with E-state index in [0.717, 1.165) is 0 Å². The normalized spacial score (nSPS) is 15.7. The second-order valence-electron chi connectivity index (χ2n) is 1.25. The summed E-state index contributed by atoms with van der Waals surface area (Å²) in [7, 11) is 0. The van der Waals surface area contributed by atoms with Gasteiger partial charge in [-0.1, -0.05) is 12.8 Å². The fraction of sp³-hybridized carbons (Fsp3) is 0.500. The summed E-state index contributed by atoms with van der Waals surface area (Å²) in [6.07, 6.45) is 4.94. The van der Waals surface area contributed by atoms with Gasteiger partial charge in [0.25, 0.3) is 0 Å². The van der Waals surface area contributed by atoms with Gasteiger partial charge in [-0.3, -0.25) is 0 Å². The minimum atomic E-state index is 0. The molecule has 1 aliphatic rings. The molecule has 1 nitrogen and oxygen atoms in total. The van der Waals surface area contributed by atoms with Gasteiger partial charge in [0.05, 0.1) is 0 Å². The van der Waals surface area contributed by atoms with Crippen molar-refractivity contribution in [2.45, 2.75) is 12.8 Å². The first-order valence-corrected chi connectivity index (χ1v) is 1.75. The third-order valence-electron chi connectivity index (χ3n) is 0.704. The van der Waals surface area contributed by atoms with E-state index in [2.05, 4.69) is 6.20 Å². The van der Waals surface area contributed by atoms with E-state index in [0.29, 0.717) is 0 Å². The molecule has 0 unspecified atom stereocenters. The van der Waals surface area contributed by atoms with Crippen LogP contribution in [0.15, 0.2) is 5.57 Å². The maximum absolute atomic E-state index is 4.95. The maximum atomic E-state index is 4.95. The van der Waals surface area contributed by atoms with Crippen LogP contribution in [0.25, 0.3) is 0 Å². The van der Waals surface area contributed by atoms with Crippen molar-refractivity contribution in [2.75, 3.05) is 0 Å². The third-order valence-corrected chi connectivity index (χ3v) is 0.704. The van der Waals surface area contributed by atoms with Crippen LogP contribution in [-0.2, 0) is 0 Å². The Morgan fingerprint density at radius 2 is 2.00 bits per heavy atom. The first kappa shape index (κ1) is 6.59. The van der Waals surface area contributed by atoms with E-state index in [1.165, 1.54) is 18.4 Å². The molecule has 32 valence electrons. The number of nitrogens with two attached hydrogens (primary N) is 1. The van der Waals surface area contributed by atoms with Crippen molar-refractivity contribution < 1.29 is 31.1 Å². The smallest absolute Gasteiger partial charge is 0 e. The molecule has 0 atom stereocenters. The van der Waals surface area contributed by atoms with Crippen LogP contribution in [0, 0.1) is 37.3 Å². The first-order valence-electron chi connectivity index (χ1n) is 1.75.